The number of rotatable bonds is 7. The summed E-state index contributed by atoms with van der Waals surface area (Å²) < 4.78 is 27.3. The van der Waals surface area contributed by atoms with Crippen molar-refractivity contribution in [1.82, 2.24) is 0 Å². The third kappa shape index (κ3) is 3.87. The van der Waals surface area contributed by atoms with Gasteiger partial charge in [0.05, 0.1) is 30.8 Å². The average molecular weight is 317 g/mol. The number of hydrogen-bond acceptors (Lipinski definition) is 7. The molecule has 116 valence electrons. The van der Waals surface area contributed by atoms with Gasteiger partial charge in [-0.25, -0.2) is 4.79 Å². The monoisotopic (exact) mass is 317 g/mol. The van der Waals surface area contributed by atoms with Gasteiger partial charge in [-0.3, -0.25) is 14.7 Å². The van der Waals surface area contributed by atoms with Gasteiger partial charge in [-0.2, -0.15) is 0 Å². The quantitative estimate of drug-likeness (QED) is 0.329. The fourth-order valence-corrected chi connectivity index (χ4v) is 3.38. The van der Waals surface area contributed by atoms with E-state index in [1.54, 1.807) is 13.8 Å². The predicted molar refractivity (Wildman–Crippen MR) is 74.9 cm³/mol. The standard InChI is InChI=1S/C12H16NO7P/c1-4-19-21(17,20-5-2)11-7-6-9(12(14)18-3)8-10(11)13(15)16/h6-8H,4-5H2,1-3H3. The second-order valence-electron chi connectivity index (χ2n) is 3.79. The van der Waals surface area contributed by atoms with E-state index in [1.807, 2.05) is 0 Å². The highest BCUT2D eigenvalue weighted by Gasteiger charge is 2.35. The highest BCUT2D eigenvalue weighted by Crippen LogP contribution is 2.49. The number of benzene rings is 1. The van der Waals surface area contributed by atoms with E-state index in [2.05, 4.69) is 4.74 Å². The lowest BCUT2D eigenvalue weighted by atomic mass is 10.2. The minimum atomic E-state index is -3.82. The number of methoxy groups -OCH3 is 1. The minimum Gasteiger partial charge on any atom is -0.465 e. The Bertz CT molecular complexity index is 577. The zero-order valence-corrected chi connectivity index (χ0v) is 12.8. The van der Waals surface area contributed by atoms with Crippen LogP contribution in [-0.4, -0.2) is 31.2 Å². The summed E-state index contributed by atoms with van der Waals surface area (Å²) in [6.45, 7) is 3.32. The van der Waals surface area contributed by atoms with E-state index < -0.39 is 24.2 Å². The molecule has 0 radical (unpaired) electrons. The summed E-state index contributed by atoms with van der Waals surface area (Å²) in [4.78, 5) is 21.8. The molecule has 0 heterocycles. The zero-order chi connectivity index (χ0) is 16.0. The molecule has 9 heteroatoms. The summed E-state index contributed by atoms with van der Waals surface area (Å²) in [5.74, 6) is -0.729. The number of ether oxygens (including phenoxy) is 1. The first kappa shape index (κ1) is 17.3. The van der Waals surface area contributed by atoms with Crippen LogP contribution in [0, 0.1) is 10.1 Å². The molecule has 0 amide bonds. The van der Waals surface area contributed by atoms with Crippen LogP contribution in [0.3, 0.4) is 0 Å². The van der Waals surface area contributed by atoms with Crippen molar-refractivity contribution < 1.29 is 28.1 Å². The molecule has 0 spiro atoms. The van der Waals surface area contributed by atoms with Gasteiger partial charge >= 0.3 is 13.6 Å². The molecule has 0 N–H and O–H groups in total. The molecule has 0 atom stereocenters. The molecule has 1 rings (SSSR count). The van der Waals surface area contributed by atoms with Gasteiger partial charge in [0.15, 0.2) is 0 Å². The maximum absolute atomic E-state index is 12.6. The van der Waals surface area contributed by atoms with Crippen LogP contribution < -0.4 is 5.30 Å². The molecule has 0 aliphatic carbocycles. The van der Waals surface area contributed by atoms with Crippen molar-refractivity contribution in [3.63, 3.8) is 0 Å². The molecule has 1 aromatic carbocycles. The highest BCUT2D eigenvalue weighted by molar-refractivity contribution is 7.62. The molecule has 0 aliphatic rings. The highest BCUT2D eigenvalue weighted by atomic mass is 31.2. The van der Waals surface area contributed by atoms with Crippen molar-refractivity contribution in [2.45, 2.75) is 13.8 Å². The average Bonchev–Trinajstić information content (AvgIpc) is 2.46. The lowest BCUT2D eigenvalue weighted by molar-refractivity contribution is -0.383. The summed E-state index contributed by atoms with van der Waals surface area (Å²) in [6, 6.07) is 3.46. The van der Waals surface area contributed by atoms with Gasteiger partial charge in [-0.1, -0.05) is 0 Å². The molecule has 0 aliphatic heterocycles. The predicted octanol–water partition coefficient (Wildman–Crippen LogP) is 2.27. The fourth-order valence-electron chi connectivity index (χ4n) is 1.66. The van der Waals surface area contributed by atoms with Crippen molar-refractivity contribution in [3.05, 3.63) is 33.9 Å². The van der Waals surface area contributed by atoms with Crippen molar-refractivity contribution in [2.75, 3.05) is 20.3 Å². The van der Waals surface area contributed by atoms with Gasteiger partial charge in [0, 0.05) is 6.07 Å². The Morgan fingerprint density at radius 3 is 2.29 bits per heavy atom. The third-order valence-electron chi connectivity index (χ3n) is 2.49. The number of carbonyl (C=O) groups is 1. The molecule has 0 unspecified atom stereocenters. The van der Waals surface area contributed by atoms with Gasteiger partial charge < -0.3 is 13.8 Å². The Kier molecular flexibility index (Phi) is 6.02. The van der Waals surface area contributed by atoms with Crippen LogP contribution in [-0.2, 0) is 18.3 Å². The van der Waals surface area contributed by atoms with Gasteiger partial charge in [-0.05, 0) is 26.0 Å². The van der Waals surface area contributed by atoms with Crippen LogP contribution in [0.25, 0.3) is 0 Å². The first-order chi connectivity index (χ1) is 9.89. The van der Waals surface area contributed by atoms with E-state index in [1.165, 1.54) is 12.1 Å². The molecule has 0 fully saturated rings. The van der Waals surface area contributed by atoms with E-state index in [-0.39, 0.29) is 24.1 Å². The maximum atomic E-state index is 12.6. The SMILES string of the molecule is CCOP(=O)(OCC)c1ccc(C(=O)OC)cc1[N+](=O)[O-]. The number of carbonyl (C=O) groups excluding carboxylic acids is 1. The Morgan fingerprint density at radius 1 is 1.29 bits per heavy atom. The van der Waals surface area contributed by atoms with Crippen molar-refractivity contribution in [3.8, 4) is 0 Å². The summed E-state index contributed by atoms with van der Waals surface area (Å²) in [5.41, 5.74) is -0.532. The molecular formula is C12H16NO7P. The topological polar surface area (TPSA) is 105 Å². The number of nitro groups is 1. The van der Waals surface area contributed by atoms with Gasteiger partial charge in [0.2, 0.25) is 0 Å². The molecule has 0 bridgehead atoms. The Balaban J connectivity index is 3.44. The molecule has 21 heavy (non-hydrogen) atoms. The number of nitro benzene ring substituents is 1. The Morgan fingerprint density at radius 2 is 1.86 bits per heavy atom. The molecule has 8 nitrogen and oxygen atoms in total. The zero-order valence-electron chi connectivity index (χ0n) is 11.9. The van der Waals surface area contributed by atoms with Crippen LogP contribution >= 0.6 is 7.60 Å². The van der Waals surface area contributed by atoms with Gasteiger partial charge in [-0.15, -0.1) is 0 Å². The first-order valence-corrected chi connectivity index (χ1v) is 7.70. The smallest absolute Gasteiger partial charge is 0.368 e. The lowest BCUT2D eigenvalue weighted by Gasteiger charge is -2.17. The van der Waals surface area contributed by atoms with E-state index >= 15 is 0 Å². The normalized spacial score (nSPS) is 11.2. The second-order valence-corrected chi connectivity index (χ2v) is 5.78. The summed E-state index contributed by atoms with van der Waals surface area (Å²) in [7, 11) is -2.66. The maximum Gasteiger partial charge on any atom is 0.368 e. The van der Waals surface area contributed by atoms with E-state index in [4.69, 9.17) is 9.05 Å². The fraction of sp³-hybridized carbons (Fsp3) is 0.417. The molecular weight excluding hydrogens is 301 g/mol. The number of nitrogens with zero attached hydrogens (tertiary/aromatic N) is 1. The number of esters is 1. The number of hydrogen-bond donors (Lipinski definition) is 0. The summed E-state index contributed by atoms with van der Waals surface area (Å²) >= 11 is 0. The minimum absolute atomic E-state index is 0.0208. The van der Waals surface area contributed by atoms with E-state index in [0.717, 1.165) is 13.2 Å². The lowest BCUT2D eigenvalue weighted by Crippen LogP contribution is -2.16. The molecule has 0 saturated carbocycles. The Hall–Kier alpha value is -1.76. The van der Waals surface area contributed by atoms with Gasteiger partial charge in [0.1, 0.15) is 5.30 Å². The van der Waals surface area contributed by atoms with Crippen LogP contribution in [0.15, 0.2) is 18.2 Å². The van der Waals surface area contributed by atoms with Gasteiger partial charge in [0.25, 0.3) is 5.69 Å². The van der Waals surface area contributed by atoms with Crippen molar-refractivity contribution in [2.24, 2.45) is 0 Å². The first-order valence-electron chi connectivity index (χ1n) is 6.16. The van der Waals surface area contributed by atoms with Crippen LogP contribution in [0.5, 0.6) is 0 Å². The van der Waals surface area contributed by atoms with E-state index in [9.17, 15) is 19.5 Å². The molecule has 1 aromatic rings. The summed E-state index contributed by atoms with van der Waals surface area (Å²) in [6.07, 6.45) is 0. The van der Waals surface area contributed by atoms with Crippen LogP contribution in [0.1, 0.15) is 24.2 Å². The largest absolute Gasteiger partial charge is 0.465 e. The van der Waals surface area contributed by atoms with Crippen LogP contribution in [0.4, 0.5) is 5.69 Å². The summed E-state index contributed by atoms with van der Waals surface area (Å²) in [5, 5.41) is 11.0. The van der Waals surface area contributed by atoms with Crippen molar-refractivity contribution in [1.29, 1.82) is 0 Å². The van der Waals surface area contributed by atoms with Crippen molar-refractivity contribution >= 4 is 24.6 Å². The van der Waals surface area contributed by atoms with E-state index in [0.29, 0.717) is 0 Å². The molecule has 0 saturated heterocycles. The Labute approximate surface area is 121 Å². The second kappa shape index (κ2) is 7.31. The van der Waals surface area contributed by atoms with Crippen LogP contribution in [0.2, 0.25) is 0 Å². The molecule has 0 aromatic heterocycles. The third-order valence-corrected chi connectivity index (χ3v) is 4.65.